The number of anilines is 1. The van der Waals surface area contributed by atoms with Crippen molar-refractivity contribution >= 4 is 11.7 Å². The van der Waals surface area contributed by atoms with E-state index in [2.05, 4.69) is 24.3 Å². The molecule has 1 N–H and O–H groups in total. The Morgan fingerprint density at radius 2 is 2.00 bits per heavy atom. The summed E-state index contributed by atoms with van der Waals surface area (Å²) in [6.45, 7) is 10.2. The Hall–Kier alpha value is -2.41. The van der Waals surface area contributed by atoms with E-state index in [0.717, 1.165) is 37.3 Å². The van der Waals surface area contributed by atoms with Gasteiger partial charge in [0.1, 0.15) is 5.69 Å². The van der Waals surface area contributed by atoms with Crippen LogP contribution in [0.1, 0.15) is 44.5 Å². The van der Waals surface area contributed by atoms with Gasteiger partial charge in [0.05, 0.1) is 11.8 Å². The van der Waals surface area contributed by atoms with Gasteiger partial charge in [-0.3, -0.25) is 0 Å². The molecule has 0 unspecified atom stereocenters. The van der Waals surface area contributed by atoms with Crippen LogP contribution in [0.5, 0.6) is 0 Å². The molecule has 0 saturated carbocycles. The highest BCUT2D eigenvalue weighted by Crippen LogP contribution is 2.21. The Morgan fingerprint density at radius 1 is 1.28 bits per heavy atom. The normalized spacial score (nSPS) is 15.2. The van der Waals surface area contributed by atoms with Gasteiger partial charge in [0, 0.05) is 31.1 Å². The molecule has 2 heterocycles. The molecule has 1 saturated heterocycles. The predicted molar refractivity (Wildman–Crippen MR) is 112 cm³/mol. The number of benzene rings is 1. The van der Waals surface area contributed by atoms with Gasteiger partial charge in [-0.2, -0.15) is 5.10 Å². The Bertz CT molecular complexity index is 841. The van der Waals surface area contributed by atoms with Crippen molar-refractivity contribution in [2.45, 2.75) is 53.1 Å². The van der Waals surface area contributed by atoms with Crippen molar-refractivity contribution in [1.82, 2.24) is 14.7 Å². The number of nitrogens with one attached hydrogen (secondary N) is 1. The number of rotatable bonds is 6. The molecule has 1 aliphatic rings. The van der Waals surface area contributed by atoms with E-state index in [0.29, 0.717) is 30.4 Å². The monoisotopic (exact) mass is 402 g/mol. The van der Waals surface area contributed by atoms with Crippen molar-refractivity contribution in [2.75, 3.05) is 25.0 Å². The summed E-state index contributed by atoms with van der Waals surface area (Å²) in [5.74, 6) is 0.208. The van der Waals surface area contributed by atoms with E-state index in [1.807, 2.05) is 19.9 Å². The molecule has 6 nitrogen and oxygen atoms in total. The molecule has 0 radical (unpaired) electrons. The lowest BCUT2D eigenvalue weighted by atomic mass is 10.1. The number of urea groups is 1. The summed E-state index contributed by atoms with van der Waals surface area (Å²) in [5, 5.41) is 7.11. The lowest BCUT2D eigenvalue weighted by Crippen LogP contribution is -2.43. The first kappa shape index (κ1) is 21.3. The Balaban J connectivity index is 1.53. The van der Waals surface area contributed by atoms with E-state index in [4.69, 9.17) is 4.74 Å². The largest absolute Gasteiger partial charge is 0.378 e. The lowest BCUT2D eigenvalue weighted by Gasteiger charge is -2.32. The van der Waals surface area contributed by atoms with Crippen LogP contribution >= 0.6 is 0 Å². The molecule has 2 amide bonds. The number of carbonyl (C=O) groups excluding carboxylic acids is 1. The van der Waals surface area contributed by atoms with Crippen molar-refractivity contribution in [3.63, 3.8) is 0 Å². The quantitative estimate of drug-likeness (QED) is 0.763. The molecule has 1 aliphatic heterocycles. The number of halogens is 1. The summed E-state index contributed by atoms with van der Waals surface area (Å²) >= 11 is 0. The van der Waals surface area contributed by atoms with Crippen molar-refractivity contribution in [3.8, 4) is 5.69 Å². The van der Waals surface area contributed by atoms with Crippen LogP contribution in [-0.2, 0) is 4.74 Å². The highest BCUT2D eigenvalue weighted by atomic mass is 19.1. The first-order chi connectivity index (χ1) is 13.8. The van der Waals surface area contributed by atoms with Crippen LogP contribution in [0.4, 0.5) is 14.9 Å². The summed E-state index contributed by atoms with van der Waals surface area (Å²) in [7, 11) is 0. The minimum absolute atomic E-state index is 0.205. The van der Waals surface area contributed by atoms with Gasteiger partial charge in [-0.15, -0.1) is 0 Å². The zero-order valence-electron chi connectivity index (χ0n) is 17.7. The summed E-state index contributed by atoms with van der Waals surface area (Å²) in [6.07, 6.45) is 2.93. The molecule has 3 rings (SSSR count). The summed E-state index contributed by atoms with van der Waals surface area (Å²) < 4.78 is 22.1. The molecule has 158 valence electrons. The summed E-state index contributed by atoms with van der Waals surface area (Å²) in [4.78, 5) is 14.3. The molecule has 1 aromatic heterocycles. The van der Waals surface area contributed by atoms with Crippen LogP contribution in [0.2, 0.25) is 0 Å². The summed E-state index contributed by atoms with van der Waals surface area (Å²) in [6, 6.07) is 6.37. The first-order valence-electron chi connectivity index (χ1n) is 10.3. The average molecular weight is 403 g/mol. The number of aryl methyl sites for hydroxylation is 2. The molecule has 2 aromatic rings. The molecule has 7 heteroatoms. The SMILES string of the molecule is Cc1cc(C)n(-c2ccc(NC(=O)N3CCC(OCCC(C)C)CC3)cc2F)n1. The average Bonchev–Trinajstić information content (AvgIpc) is 3.00. The maximum Gasteiger partial charge on any atom is 0.321 e. The van der Waals surface area contributed by atoms with Gasteiger partial charge in [-0.1, -0.05) is 13.8 Å². The number of likely N-dealkylation sites (tertiary alicyclic amines) is 1. The van der Waals surface area contributed by atoms with E-state index in [1.165, 1.54) is 6.07 Å². The van der Waals surface area contributed by atoms with Crippen LogP contribution < -0.4 is 5.32 Å². The topological polar surface area (TPSA) is 59.4 Å². The molecule has 1 aromatic carbocycles. The maximum absolute atomic E-state index is 14.6. The highest BCUT2D eigenvalue weighted by molar-refractivity contribution is 5.89. The van der Waals surface area contributed by atoms with Crippen molar-refractivity contribution < 1.29 is 13.9 Å². The lowest BCUT2D eigenvalue weighted by molar-refractivity contribution is 0.0112. The number of hydrogen-bond acceptors (Lipinski definition) is 3. The van der Waals surface area contributed by atoms with Crippen molar-refractivity contribution in [2.24, 2.45) is 5.92 Å². The second kappa shape index (κ2) is 9.39. The number of ether oxygens (including phenoxy) is 1. The first-order valence-corrected chi connectivity index (χ1v) is 10.3. The third-order valence-electron chi connectivity index (χ3n) is 5.21. The maximum atomic E-state index is 14.6. The zero-order valence-corrected chi connectivity index (χ0v) is 17.7. The zero-order chi connectivity index (χ0) is 21.0. The van der Waals surface area contributed by atoms with Gasteiger partial charge < -0.3 is 15.0 Å². The summed E-state index contributed by atoms with van der Waals surface area (Å²) in [5.41, 5.74) is 2.49. The molecule has 0 spiro atoms. The van der Waals surface area contributed by atoms with Crippen LogP contribution in [0.25, 0.3) is 5.69 Å². The third kappa shape index (κ3) is 5.56. The van der Waals surface area contributed by atoms with Gasteiger partial charge in [0.25, 0.3) is 0 Å². The minimum atomic E-state index is -0.425. The predicted octanol–water partition coefficient (Wildman–Crippen LogP) is 4.69. The minimum Gasteiger partial charge on any atom is -0.378 e. The molecular weight excluding hydrogens is 371 g/mol. The van der Waals surface area contributed by atoms with Gasteiger partial charge in [0.2, 0.25) is 0 Å². The number of piperidine rings is 1. The number of nitrogens with zero attached hydrogens (tertiary/aromatic N) is 3. The number of carbonyl (C=O) groups is 1. The number of aromatic nitrogens is 2. The molecule has 29 heavy (non-hydrogen) atoms. The van der Waals surface area contributed by atoms with Crippen molar-refractivity contribution in [3.05, 3.63) is 41.5 Å². The molecule has 1 fully saturated rings. The Kier molecular flexibility index (Phi) is 6.90. The standard InChI is InChI=1S/C22H31FN4O2/c1-15(2)9-12-29-19-7-10-26(11-8-19)22(28)24-18-5-6-21(20(23)14-18)27-17(4)13-16(3)25-27/h5-6,13-15,19H,7-12H2,1-4H3,(H,24,28). The van der Waals surface area contributed by atoms with Crippen LogP contribution in [0, 0.1) is 25.6 Å². The molecular formula is C22H31FN4O2. The molecule has 0 aliphatic carbocycles. The van der Waals surface area contributed by atoms with E-state index in [1.54, 1.807) is 21.7 Å². The number of hydrogen-bond donors (Lipinski definition) is 1. The van der Waals surface area contributed by atoms with Crippen LogP contribution in [0.15, 0.2) is 24.3 Å². The van der Waals surface area contributed by atoms with Gasteiger partial charge in [-0.25, -0.2) is 13.9 Å². The highest BCUT2D eigenvalue weighted by Gasteiger charge is 2.23. The fraction of sp³-hybridized carbons (Fsp3) is 0.545. The molecule has 0 atom stereocenters. The second-order valence-electron chi connectivity index (χ2n) is 8.17. The molecule has 0 bridgehead atoms. The Labute approximate surface area is 172 Å². The third-order valence-corrected chi connectivity index (χ3v) is 5.21. The van der Waals surface area contributed by atoms with Gasteiger partial charge in [-0.05, 0) is 63.3 Å². The van der Waals surface area contributed by atoms with Crippen molar-refractivity contribution in [1.29, 1.82) is 0 Å². The van der Waals surface area contributed by atoms with E-state index >= 15 is 0 Å². The fourth-order valence-electron chi connectivity index (χ4n) is 3.53. The fourth-order valence-corrected chi connectivity index (χ4v) is 3.53. The van der Waals surface area contributed by atoms with Gasteiger partial charge in [0.15, 0.2) is 5.82 Å². The van der Waals surface area contributed by atoms with E-state index < -0.39 is 5.82 Å². The Morgan fingerprint density at radius 3 is 2.59 bits per heavy atom. The van der Waals surface area contributed by atoms with E-state index in [9.17, 15) is 9.18 Å². The smallest absolute Gasteiger partial charge is 0.321 e. The van der Waals surface area contributed by atoms with Gasteiger partial charge >= 0.3 is 6.03 Å². The number of amides is 2. The van der Waals surface area contributed by atoms with E-state index in [-0.39, 0.29) is 12.1 Å². The second-order valence-corrected chi connectivity index (χ2v) is 8.17. The van der Waals surface area contributed by atoms with Crippen LogP contribution in [0.3, 0.4) is 0 Å². The van der Waals surface area contributed by atoms with Crippen LogP contribution in [-0.4, -0.2) is 46.5 Å².